The van der Waals surface area contributed by atoms with E-state index in [4.69, 9.17) is 0 Å². The fraction of sp³-hybridized carbons (Fsp3) is 0.192. The predicted molar refractivity (Wildman–Crippen MR) is 137 cm³/mol. The van der Waals surface area contributed by atoms with Gasteiger partial charge in [0.05, 0.1) is 46.9 Å². The Morgan fingerprint density at radius 3 is 2.70 bits per heavy atom. The number of halogens is 1. The Balaban J connectivity index is 0.000000121. The molecule has 1 aliphatic rings. The molecule has 0 bridgehead atoms. The first kappa shape index (κ1) is 24.1. The minimum Gasteiger partial charge on any atom is -0.347 e. The fourth-order valence-corrected chi connectivity index (χ4v) is 4.08. The Morgan fingerprint density at radius 1 is 1.03 bits per heavy atom. The number of aromatic amines is 1. The smallest absolute Gasteiger partial charge is 0.153 e. The molecule has 10 nitrogen and oxygen atoms in total. The van der Waals surface area contributed by atoms with E-state index in [2.05, 4.69) is 37.2 Å². The minimum absolute atomic E-state index is 0.236. The zero-order valence-corrected chi connectivity index (χ0v) is 20.5. The molecule has 0 atom stereocenters. The van der Waals surface area contributed by atoms with Crippen molar-refractivity contribution in [3.05, 3.63) is 96.5 Å². The summed E-state index contributed by atoms with van der Waals surface area (Å²) in [6.45, 7) is 2.16. The van der Waals surface area contributed by atoms with Crippen LogP contribution in [0, 0.1) is 5.82 Å². The SMILES string of the molecule is CN1CCc2nc[nH]c2C1.Cn1ccc(-c2ccc3c(C=O)cnn3c2)n1.Fc1cccn2nccc12. The first-order chi connectivity index (χ1) is 18.0. The first-order valence-electron chi connectivity index (χ1n) is 11.7. The maximum absolute atomic E-state index is 12.8. The van der Waals surface area contributed by atoms with Gasteiger partial charge in [0, 0.05) is 50.7 Å². The number of likely N-dealkylation sites (N-methyl/N-ethyl adjacent to an activating group) is 1. The second-order valence-corrected chi connectivity index (χ2v) is 8.67. The van der Waals surface area contributed by atoms with Crippen LogP contribution >= 0.6 is 0 Å². The number of carbonyl (C=O) groups is 1. The van der Waals surface area contributed by atoms with Crippen LogP contribution < -0.4 is 0 Å². The molecule has 0 aromatic carbocycles. The fourth-order valence-electron chi connectivity index (χ4n) is 4.08. The van der Waals surface area contributed by atoms with Crippen molar-refractivity contribution in [3.8, 4) is 11.3 Å². The second-order valence-electron chi connectivity index (χ2n) is 8.67. The van der Waals surface area contributed by atoms with E-state index in [9.17, 15) is 9.18 Å². The van der Waals surface area contributed by atoms with Crippen LogP contribution in [0.1, 0.15) is 21.7 Å². The van der Waals surface area contributed by atoms with E-state index >= 15 is 0 Å². The molecular weight excluding hydrogens is 473 g/mol. The molecule has 0 amide bonds. The van der Waals surface area contributed by atoms with Crippen molar-refractivity contribution in [2.24, 2.45) is 7.05 Å². The Bertz CT molecular complexity index is 1640. The highest BCUT2D eigenvalue weighted by Gasteiger charge is 2.14. The summed E-state index contributed by atoms with van der Waals surface area (Å²) in [7, 11) is 4.00. The van der Waals surface area contributed by atoms with Gasteiger partial charge in [-0.3, -0.25) is 9.48 Å². The van der Waals surface area contributed by atoms with Crippen molar-refractivity contribution in [3.63, 3.8) is 0 Å². The molecule has 37 heavy (non-hydrogen) atoms. The van der Waals surface area contributed by atoms with Crippen molar-refractivity contribution in [2.45, 2.75) is 13.0 Å². The van der Waals surface area contributed by atoms with Crippen molar-refractivity contribution in [2.75, 3.05) is 13.6 Å². The number of carbonyl (C=O) groups excluding carboxylic acids is 1. The molecular formula is C26H26FN9O. The molecule has 6 aromatic heterocycles. The number of nitrogens with one attached hydrogen (secondary N) is 1. The summed E-state index contributed by atoms with van der Waals surface area (Å²) < 4.78 is 17.7. The number of aldehydes is 1. The van der Waals surface area contributed by atoms with E-state index in [1.807, 2.05) is 37.6 Å². The van der Waals surface area contributed by atoms with Gasteiger partial charge in [0.1, 0.15) is 11.3 Å². The molecule has 0 saturated heterocycles. The van der Waals surface area contributed by atoms with E-state index in [1.165, 1.54) is 22.0 Å². The number of aryl methyl sites for hydroxylation is 1. The molecule has 188 valence electrons. The maximum atomic E-state index is 12.8. The average molecular weight is 500 g/mol. The number of fused-ring (bicyclic) bond motifs is 3. The normalized spacial score (nSPS) is 12.9. The Hall–Kier alpha value is -4.64. The molecule has 0 aliphatic carbocycles. The van der Waals surface area contributed by atoms with Crippen LogP contribution in [-0.4, -0.2) is 63.8 Å². The molecule has 11 heteroatoms. The topological polar surface area (TPSA) is 101 Å². The third kappa shape index (κ3) is 5.31. The monoisotopic (exact) mass is 499 g/mol. The van der Waals surface area contributed by atoms with Gasteiger partial charge in [0.2, 0.25) is 0 Å². The minimum atomic E-state index is -0.236. The van der Waals surface area contributed by atoms with Crippen molar-refractivity contribution < 1.29 is 9.18 Å². The predicted octanol–water partition coefficient (Wildman–Crippen LogP) is 3.42. The molecule has 0 unspecified atom stereocenters. The number of imidazole rings is 1. The van der Waals surface area contributed by atoms with Crippen molar-refractivity contribution in [1.82, 2.24) is 43.9 Å². The Morgan fingerprint density at radius 2 is 1.92 bits per heavy atom. The van der Waals surface area contributed by atoms with Crippen LogP contribution in [0.3, 0.4) is 0 Å². The molecule has 0 fully saturated rings. The van der Waals surface area contributed by atoms with Crippen molar-refractivity contribution >= 4 is 17.3 Å². The van der Waals surface area contributed by atoms with Crippen LogP contribution in [-0.2, 0) is 20.0 Å². The van der Waals surface area contributed by atoms with Gasteiger partial charge >= 0.3 is 0 Å². The van der Waals surface area contributed by atoms with Crippen LogP contribution in [0.4, 0.5) is 4.39 Å². The molecule has 1 N–H and O–H groups in total. The van der Waals surface area contributed by atoms with Gasteiger partial charge in [-0.2, -0.15) is 15.3 Å². The zero-order chi connectivity index (χ0) is 25.8. The summed E-state index contributed by atoms with van der Waals surface area (Å²) in [5.41, 5.74) is 6.31. The summed E-state index contributed by atoms with van der Waals surface area (Å²) in [5.74, 6) is -0.236. The van der Waals surface area contributed by atoms with Gasteiger partial charge in [0.15, 0.2) is 6.29 Å². The van der Waals surface area contributed by atoms with E-state index in [0.29, 0.717) is 11.1 Å². The van der Waals surface area contributed by atoms with Gasteiger partial charge < -0.3 is 9.88 Å². The number of rotatable bonds is 2. The third-order valence-corrected chi connectivity index (χ3v) is 6.03. The lowest BCUT2D eigenvalue weighted by Crippen LogP contribution is -2.26. The number of aromatic nitrogens is 8. The van der Waals surface area contributed by atoms with Gasteiger partial charge in [-0.25, -0.2) is 18.4 Å². The van der Waals surface area contributed by atoms with Crippen LogP contribution in [0.2, 0.25) is 0 Å². The van der Waals surface area contributed by atoms with E-state index < -0.39 is 0 Å². The lowest BCUT2D eigenvalue weighted by molar-refractivity contribution is 0.112. The molecule has 0 spiro atoms. The number of hydrogen-bond donors (Lipinski definition) is 1. The molecule has 0 radical (unpaired) electrons. The van der Waals surface area contributed by atoms with Gasteiger partial charge in [-0.05, 0) is 43.4 Å². The molecule has 7 rings (SSSR count). The maximum Gasteiger partial charge on any atom is 0.153 e. The second kappa shape index (κ2) is 10.5. The van der Waals surface area contributed by atoms with E-state index in [1.54, 1.807) is 46.2 Å². The Labute approximate surface area is 212 Å². The third-order valence-electron chi connectivity index (χ3n) is 6.03. The number of H-pyrrole nitrogens is 1. The molecule has 1 aliphatic heterocycles. The average Bonchev–Trinajstić information content (AvgIpc) is 3.70. The van der Waals surface area contributed by atoms with Crippen LogP contribution in [0.15, 0.2) is 73.7 Å². The standard InChI is InChI=1S/C12H10N4O.C7H5FN2.C7H11N3/c1-15-5-4-11(14-15)9-2-3-12-10(8-17)6-13-16(12)7-9;8-6-2-1-5-10-7(6)3-4-9-10;1-10-3-2-6-7(4-10)9-5-8-6/h2-8H,1H3;1-5H;5H,2-4H2,1H3,(H,8,9). The van der Waals surface area contributed by atoms with Crippen LogP contribution in [0.25, 0.3) is 22.3 Å². The summed E-state index contributed by atoms with van der Waals surface area (Å²) >= 11 is 0. The Kier molecular flexibility index (Phi) is 6.86. The summed E-state index contributed by atoms with van der Waals surface area (Å²) in [4.78, 5) is 20.4. The van der Waals surface area contributed by atoms with E-state index in [0.717, 1.165) is 42.6 Å². The largest absolute Gasteiger partial charge is 0.347 e. The van der Waals surface area contributed by atoms with Crippen molar-refractivity contribution in [1.29, 1.82) is 0 Å². The lowest BCUT2D eigenvalue weighted by Gasteiger charge is -2.20. The highest BCUT2D eigenvalue weighted by Crippen LogP contribution is 2.19. The molecule has 0 saturated carbocycles. The summed E-state index contributed by atoms with van der Waals surface area (Å²) in [6, 6.07) is 10.4. The molecule has 7 heterocycles. The first-order valence-corrected chi connectivity index (χ1v) is 11.7. The number of nitrogens with zero attached hydrogens (tertiary/aromatic N) is 8. The zero-order valence-electron chi connectivity index (χ0n) is 20.5. The van der Waals surface area contributed by atoms with Gasteiger partial charge in [-0.15, -0.1) is 0 Å². The quantitative estimate of drug-likeness (QED) is 0.367. The molecule has 6 aromatic rings. The van der Waals surface area contributed by atoms with Gasteiger partial charge in [-0.1, -0.05) is 0 Å². The highest BCUT2D eigenvalue weighted by atomic mass is 19.1. The van der Waals surface area contributed by atoms with E-state index in [-0.39, 0.29) is 5.82 Å². The number of hydrogen-bond acceptors (Lipinski definition) is 6. The lowest BCUT2D eigenvalue weighted by atomic mass is 10.2. The highest BCUT2D eigenvalue weighted by molar-refractivity contribution is 5.86. The van der Waals surface area contributed by atoms with Gasteiger partial charge in [0.25, 0.3) is 0 Å². The summed E-state index contributed by atoms with van der Waals surface area (Å²) in [6.07, 6.45) is 12.3. The number of pyridine rings is 2. The summed E-state index contributed by atoms with van der Waals surface area (Å²) in [5, 5.41) is 12.3. The van der Waals surface area contributed by atoms with Crippen LogP contribution in [0.5, 0.6) is 0 Å².